The van der Waals surface area contributed by atoms with Crippen molar-refractivity contribution in [1.82, 2.24) is 29.5 Å². The molecular weight excluding hydrogens is 476 g/mol. The summed E-state index contributed by atoms with van der Waals surface area (Å²) < 4.78 is 7.79. The van der Waals surface area contributed by atoms with Crippen molar-refractivity contribution < 1.29 is 4.74 Å². The Bertz CT molecular complexity index is 1780. The van der Waals surface area contributed by atoms with E-state index in [4.69, 9.17) is 10.5 Å². The highest BCUT2D eigenvalue weighted by Gasteiger charge is 2.58. The van der Waals surface area contributed by atoms with Crippen LogP contribution in [0.3, 0.4) is 0 Å². The van der Waals surface area contributed by atoms with E-state index in [1.165, 1.54) is 12.7 Å². The third-order valence-electron chi connectivity index (χ3n) is 7.49. The molecule has 0 amide bonds. The summed E-state index contributed by atoms with van der Waals surface area (Å²) in [5.41, 5.74) is 11.4. The number of benzene rings is 2. The van der Waals surface area contributed by atoms with Crippen molar-refractivity contribution in [3.05, 3.63) is 72.4 Å². The van der Waals surface area contributed by atoms with E-state index in [2.05, 4.69) is 49.2 Å². The smallest absolute Gasteiger partial charge is 0.158 e. The fourth-order valence-corrected chi connectivity index (χ4v) is 5.41. The van der Waals surface area contributed by atoms with Gasteiger partial charge in [-0.2, -0.15) is 5.10 Å². The molecule has 2 unspecified atom stereocenters. The molecule has 188 valence electrons. The average Bonchev–Trinajstić information content (AvgIpc) is 3.20. The van der Waals surface area contributed by atoms with Crippen molar-refractivity contribution in [2.24, 2.45) is 11.3 Å². The third kappa shape index (κ3) is 3.96. The SMILES string of the molecule is Cc1cc(Nc2ncnc3cc(C#CC45CC4CN(C)C5)c(N)cc23)ccc1Oc1ccn2ncnc2c1. The summed E-state index contributed by atoms with van der Waals surface area (Å²) in [6, 6.07) is 13.5. The number of nitrogens with two attached hydrogens (primary N) is 1. The molecule has 2 fully saturated rings. The van der Waals surface area contributed by atoms with E-state index >= 15 is 0 Å². The Hall–Kier alpha value is -4.68. The molecule has 0 spiro atoms. The van der Waals surface area contributed by atoms with Gasteiger partial charge in [-0.3, -0.25) is 0 Å². The largest absolute Gasteiger partial charge is 0.457 e. The fraction of sp³-hybridized carbons (Fsp3) is 0.241. The summed E-state index contributed by atoms with van der Waals surface area (Å²) in [6.45, 7) is 4.17. The standard InChI is InChI=1S/C29H26N8O/c1-18-9-21(3-4-26(18)38-22-6-8-37-27(11-22)32-17-34-37)35-28-23-12-24(30)19(10-25(23)31-16-33-28)5-7-29-13-20(29)14-36(2)15-29/h3-4,6,8-12,16-17,20H,13-15,30H2,1-2H3,(H,31,33,35). The molecule has 5 aromatic rings. The summed E-state index contributed by atoms with van der Waals surface area (Å²) in [7, 11) is 2.16. The van der Waals surface area contributed by atoms with Crippen molar-refractivity contribution in [3.8, 4) is 23.3 Å². The van der Waals surface area contributed by atoms with Crippen LogP contribution in [-0.4, -0.2) is 49.6 Å². The van der Waals surface area contributed by atoms with Crippen molar-refractivity contribution in [1.29, 1.82) is 0 Å². The number of anilines is 3. The van der Waals surface area contributed by atoms with Crippen molar-refractivity contribution in [3.63, 3.8) is 0 Å². The quantitative estimate of drug-likeness (QED) is 0.275. The summed E-state index contributed by atoms with van der Waals surface area (Å²) in [5.74, 6) is 9.71. The molecule has 2 aromatic carbocycles. The first-order valence-electron chi connectivity index (χ1n) is 12.6. The normalized spacial score (nSPS) is 20.2. The predicted molar refractivity (Wildman–Crippen MR) is 146 cm³/mol. The van der Waals surface area contributed by atoms with Crippen LogP contribution in [-0.2, 0) is 0 Å². The van der Waals surface area contributed by atoms with Gasteiger partial charge in [0.05, 0.1) is 5.52 Å². The number of hydrogen-bond acceptors (Lipinski definition) is 8. The van der Waals surface area contributed by atoms with Gasteiger partial charge in [0.1, 0.15) is 30.0 Å². The van der Waals surface area contributed by atoms with Crippen LogP contribution in [0.25, 0.3) is 16.6 Å². The molecule has 3 aromatic heterocycles. The van der Waals surface area contributed by atoms with E-state index in [1.54, 1.807) is 10.8 Å². The zero-order valence-electron chi connectivity index (χ0n) is 21.1. The lowest BCUT2D eigenvalue weighted by Gasteiger charge is -2.13. The molecule has 1 saturated carbocycles. The van der Waals surface area contributed by atoms with E-state index in [1.807, 2.05) is 55.6 Å². The van der Waals surface area contributed by atoms with Gasteiger partial charge in [-0.05, 0) is 68.3 Å². The minimum Gasteiger partial charge on any atom is -0.457 e. The molecule has 1 saturated heterocycles. The first kappa shape index (κ1) is 22.5. The Morgan fingerprint density at radius 3 is 2.87 bits per heavy atom. The van der Waals surface area contributed by atoms with Gasteiger partial charge in [-0.25, -0.2) is 19.5 Å². The molecule has 9 heteroatoms. The van der Waals surface area contributed by atoms with Crippen LogP contribution in [0.2, 0.25) is 0 Å². The number of hydrogen-bond donors (Lipinski definition) is 2. The van der Waals surface area contributed by atoms with E-state index in [0.29, 0.717) is 23.2 Å². The third-order valence-corrected chi connectivity index (χ3v) is 7.49. The lowest BCUT2D eigenvalue weighted by atomic mass is 10.0. The molecule has 1 aliphatic heterocycles. The molecule has 7 rings (SSSR count). The zero-order chi connectivity index (χ0) is 25.9. The maximum Gasteiger partial charge on any atom is 0.158 e. The van der Waals surface area contributed by atoms with E-state index in [0.717, 1.165) is 52.2 Å². The first-order chi connectivity index (χ1) is 18.5. The molecule has 2 atom stereocenters. The van der Waals surface area contributed by atoms with Crippen LogP contribution >= 0.6 is 0 Å². The first-order valence-corrected chi connectivity index (χ1v) is 12.6. The number of nitrogens with one attached hydrogen (secondary N) is 1. The molecule has 38 heavy (non-hydrogen) atoms. The minimum atomic E-state index is 0.144. The lowest BCUT2D eigenvalue weighted by molar-refractivity contribution is 0.360. The second-order valence-electron chi connectivity index (χ2n) is 10.3. The molecule has 9 nitrogen and oxygen atoms in total. The maximum absolute atomic E-state index is 6.44. The number of rotatable bonds is 4. The summed E-state index contributed by atoms with van der Waals surface area (Å²) in [4.78, 5) is 15.5. The Kier molecular flexibility index (Phi) is 5.00. The Balaban J connectivity index is 1.13. The molecule has 1 aliphatic carbocycles. The van der Waals surface area contributed by atoms with Crippen LogP contribution in [0.15, 0.2) is 61.3 Å². The summed E-state index contributed by atoms with van der Waals surface area (Å²) in [6.07, 6.45) is 6.08. The van der Waals surface area contributed by atoms with Gasteiger partial charge in [0.2, 0.25) is 0 Å². The predicted octanol–water partition coefficient (Wildman–Crippen LogP) is 4.40. The minimum absolute atomic E-state index is 0.144. The lowest BCUT2D eigenvalue weighted by Crippen LogP contribution is -2.19. The van der Waals surface area contributed by atoms with Crippen LogP contribution < -0.4 is 15.8 Å². The van der Waals surface area contributed by atoms with Gasteiger partial charge < -0.3 is 20.7 Å². The van der Waals surface area contributed by atoms with Gasteiger partial charge >= 0.3 is 0 Å². The molecular formula is C29H26N8O. The van der Waals surface area contributed by atoms with Crippen molar-refractivity contribution >= 4 is 33.7 Å². The topological polar surface area (TPSA) is 106 Å². The van der Waals surface area contributed by atoms with Gasteiger partial charge in [-0.15, -0.1) is 0 Å². The number of likely N-dealkylation sites (tertiary alicyclic amines) is 1. The van der Waals surface area contributed by atoms with Crippen LogP contribution in [0.1, 0.15) is 17.5 Å². The van der Waals surface area contributed by atoms with Crippen LogP contribution in [0, 0.1) is 30.1 Å². The van der Waals surface area contributed by atoms with Crippen LogP contribution in [0.4, 0.5) is 17.2 Å². The van der Waals surface area contributed by atoms with E-state index in [9.17, 15) is 0 Å². The number of aromatic nitrogens is 5. The second kappa shape index (κ2) is 8.43. The number of piperidine rings is 1. The number of pyridine rings is 1. The Labute approximate surface area is 219 Å². The second-order valence-corrected chi connectivity index (χ2v) is 10.3. The molecule has 0 bridgehead atoms. The Morgan fingerprint density at radius 1 is 1.11 bits per heavy atom. The van der Waals surface area contributed by atoms with Crippen LogP contribution in [0.5, 0.6) is 11.5 Å². The Morgan fingerprint density at radius 2 is 2.03 bits per heavy atom. The fourth-order valence-electron chi connectivity index (χ4n) is 5.41. The number of aryl methyl sites for hydroxylation is 1. The van der Waals surface area contributed by atoms with Gasteiger partial charge in [-0.1, -0.05) is 11.8 Å². The number of fused-ring (bicyclic) bond motifs is 3. The van der Waals surface area contributed by atoms with Gasteiger partial charge in [0.25, 0.3) is 0 Å². The zero-order valence-corrected chi connectivity index (χ0v) is 21.1. The maximum atomic E-state index is 6.44. The summed E-state index contributed by atoms with van der Waals surface area (Å²) in [5, 5.41) is 8.38. The summed E-state index contributed by atoms with van der Waals surface area (Å²) >= 11 is 0. The molecule has 3 N–H and O–H groups in total. The number of ether oxygens (including phenoxy) is 1. The average molecular weight is 503 g/mol. The highest BCUT2D eigenvalue weighted by atomic mass is 16.5. The number of nitrogens with zero attached hydrogens (tertiary/aromatic N) is 6. The van der Waals surface area contributed by atoms with Crippen molar-refractivity contribution in [2.45, 2.75) is 13.3 Å². The van der Waals surface area contributed by atoms with E-state index < -0.39 is 0 Å². The molecule has 4 heterocycles. The number of nitrogen functional groups attached to an aromatic ring is 1. The van der Waals surface area contributed by atoms with E-state index in [-0.39, 0.29) is 5.41 Å². The van der Waals surface area contributed by atoms with Crippen molar-refractivity contribution in [2.75, 3.05) is 31.2 Å². The van der Waals surface area contributed by atoms with Gasteiger partial charge in [0.15, 0.2) is 5.65 Å². The molecule has 0 radical (unpaired) electrons. The highest BCUT2D eigenvalue weighted by Crippen LogP contribution is 2.56. The van der Waals surface area contributed by atoms with Gasteiger partial charge in [0, 0.05) is 53.1 Å². The monoisotopic (exact) mass is 502 g/mol. The molecule has 2 aliphatic rings. The highest BCUT2D eigenvalue weighted by molar-refractivity contribution is 5.94.